The molecule has 0 spiro atoms. The third kappa shape index (κ3) is 6.01. The number of ether oxygens (including phenoxy) is 3. The highest BCUT2D eigenvalue weighted by molar-refractivity contribution is 5.69. The number of anilines is 1. The summed E-state index contributed by atoms with van der Waals surface area (Å²) in [6.07, 6.45) is 0.851. The number of piperazine rings is 1. The molecule has 1 N–H and O–H groups in total. The number of hydrogen-bond donors (Lipinski definition) is 1. The topological polar surface area (TPSA) is 63.3 Å². The van der Waals surface area contributed by atoms with Gasteiger partial charge in [-0.2, -0.15) is 0 Å². The molecule has 2 saturated heterocycles. The van der Waals surface area contributed by atoms with E-state index >= 15 is 0 Å². The van der Waals surface area contributed by atoms with Crippen LogP contribution in [0.25, 0.3) is 0 Å². The summed E-state index contributed by atoms with van der Waals surface area (Å²) in [7, 11) is 0. The lowest BCUT2D eigenvalue weighted by atomic mass is 10.2. The highest BCUT2D eigenvalue weighted by Crippen LogP contribution is 2.29. The minimum Gasteiger partial charge on any atom is -0.491 e. The molecule has 2 heterocycles. The first kappa shape index (κ1) is 20.7. The van der Waals surface area contributed by atoms with E-state index in [9.17, 15) is 4.79 Å². The molecule has 156 valence electrons. The summed E-state index contributed by atoms with van der Waals surface area (Å²) in [6.45, 7) is 11.7. The largest absolute Gasteiger partial charge is 0.491 e. The molecule has 7 nitrogen and oxygen atoms in total. The van der Waals surface area contributed by atoms with Crippen LogP contribution in [0.4, 0.5) is 10.5 Å². The molecule has 3 rings (SSSR count). The van der Waals surface area contributed by atoms with Gasteiger partial charge in [-0.3, -0.25) is 0 Å². The van der Waals surface area contributed by atoms with Crippen LogP contribution in [0, 0.1) is 0 Å². The van der Waals surface area contributed by atoms with Gasteiger partial charge in [0.15, 0.2) is 0 Å². The van der Waals surface area contributed by atoms with Gasteiger partial charge in [-0.1, -0.05) is 12.1 Å². The van der Waals surface area contributed by atoms with Gasteiger partial charge in [0.2, 0.25) is 0 Å². The molecule has 7 heteroatoms. The first-order chi connectivity index (χ1) is 13.4. The zero-order chi connectivity index (χ0) is 20.0. The normalized spacial score (nSPS) is 20.8. The van der Waals surface area contributed by atoms with Gasteiger partial charge in [0.05, 0.1) is 25.0 Å². The SMILES string of the molecule is CC(C)(C)OC(=O)N1CCN(c2ccccc2OCCC2CNCCO2)CC1. The number of carbonyl (C=O) groups is 1. The summed E-state index contributed by atoms with van der Waals surface area (Å²) in [4.78, 5) is 16.3. The van der Waals surface area contributed by atoms with Crippen LogP contribution in [0.5, 0.6) is 5.75 Å². The van der Waals surface area contributed by atoms with Gasteiger partial charge in [-0.25, -0.2) is 4.79 Å². The molecule has 0 aromatic heterocycles. The fraction of sp³-hybridized carbons (Fsp3) is 0.667. The van der Waals surface area contributed by atoms with Crippen LogP contribution in [0.2, 0.25) is 0 Å². The second-order valence-corrected chi connectivity index (χ2v) is 8.26. The third-order valence-electron chi connectivity index (χ3n) is 4.84. The van der Waals surface area contributed by atoms with Gasteiger partial charge >= 0.3 is 6.09 Å². The maximum Gasteiger partial charge on any atom is 0.410 e. The number of para-hydroxylation sites is 2. The first-order valence-electron chi connectivity index (χ1n) is 10.2. The smallest absolute Gasteiger partial charge is 0.410 e. The maximum atomic E-state index is 12.3. The van der Waals surface area contributed by atoms with E-state index in [0.717, 1.165) is 50.6 Å². The lowest BCUT2D eigenvalue weighted by Crippen LogP contribution is -2.50. The van der Waals surface area contributed by atoms with Crippen LogP contribution < -0.4 is 15.0 Å². The Kier molecular flexibility index (Phi) is 7.02. The van der Waals surface area contributed by atoms with Crippen LogP contribution in [-0.4, -0.2) is 75.2 Å². The second-order valence-electron chi connectivity index (χ2n) is 8.26. The average Bonchev–Trinajstić information content (AvgIpc) is 2.68. The fourth-order valence-corrected chi connectivity index (χ4v) is 3.40. The van der Waals surface area contributed by atoms with Crippen molar-refractivity contribution < 1.29 is 19.0 Å². The summed E-state index contributed by atoms with van der Waals surface area (Å²) in [6, 6.07) is 8.11. The Morgan fingerprint density at radius 3 is 2.64 bits per heavy atom. The molecule has 0 bridgehead atoms. The van der Waals surface area contributed by atoms with Crippen molar-refractivity contribution in [3.8, 4) is 5.75 Å². The summed E-state index contributed by atoms with van der Waals surface area (Å²) >= 11 is 0. The molecule has 0 aliphatic carbocycles. The number of benzene rings is 1. The van der Waals surface area contributed by atoms with E-state index in [1.165, 1.54) is 0 Å². The fourth-order valence-electron chi connectivity index (χ4n) is 3.40. The maximum absolute atomic E-state index is 12.3. The van der Waals surface area contributed by atoms with Gasteiger partial charge in [0, 0.05) is 45.7 Å². The number of carbonyl (C=O) groups excluding carboxylic acids is 1. The van der Waals surface area contributed by atoms with Crippen molar-refractivity contribution >= 4 is 11.8 Å². The van der Waals surface area contributed by atoms with Crippen molar-refractivity contribution in [1.82, 2.24) is 10.2 Å². The first-order valence-corrected chi connectivity index (χ1v) is 10.2. The number of morpholine rings is 1. The van der Waals surface area contributed by atoms with Crippen LogP contribution >= 0.6 is 0 Å². The molecule has 0 saturated carbocycles. The Hall–Kier alpha value is -1.99. The molecule has 1 amide bonds. The number of nitrogens with one attached hydrogen (secondary N) is 1. The van der Waals surface area contributed by atoms with Crippen molar-refractivity contribution in [1.29, 1.82) is 0 Å². The quantitative estimate of drug-likeness (QED) is 0.832. The molecule has 0 radical (unpaired) electrons. The predicted molar refractivity (Wildman–Crippen MR) is 109 cm³/mol. The minimum atomic E-state index is -0.466. The number of amides is 1. The van der Waals surface area contributed by atoms with Crippen LogP contribution in [0.3, 0.4) is 0 Å². The molecule has 2 aliphatic rings. The van der Waals surface area contributed by atoms with Crippen LogP contribution in [0.15, 0.2) is 24.3 Å². The summed E-state index contributed by atoms with van der Waals surface area (Å²) in [5, 5.41) is 3.34. The van der Waals surface area contributed by atoms with E-state index in [0.29, 0.717) is 19.7 Å². The lowest BCUT2D eigenvalue weighted by molar-refractivity contribution is 0.0159. The summed E-state index contributed by atoms with van der Waals surface area (Å²) < 4.78 is 17.3. The molecular formula is C21H33N3O4. The van der Waals surface area contributed by atoms with Crippen molar-refractivity contribution in [2.75, 3.05) is 57.4 Å². The van der Waals surface area contributed by atoms with E-state index in [4.69, 9.17) is 14.2 Å². The van der Waals surface area contributed by atoms with Crippen LogP contribution in [-0.2, 0) is 9.47 Å². The Morgan fingerprint density at radius 2 is 1.96 bits per heavy atom. The highest BCUT2D eigenvalue weighted by Gasteiger charge is 2.27. The Bertz CT molecular complexity index is 633. The average molecular weight is 392 g/mol. The molecule has 1 unspecified atom stereocenters. The third-order valence-corrected chi connectivity index (χ3v) is 4.84. The zero-order valence-electron chi connectivity index (χ0n) is 17.3. The standard InChI is InChI=1S/C21H33N3O4/c1-21(2,3)28-20(25)24-12-10-23(11-13-24)18-6-4-5-7-19(18)27-14-8-17-16-22-9-15-26-17/h4-7,17,22H,8-16H2,1-3H3. The molecule has 1 atom stereocenters. The molecule has 2 aliphatic heterocycles. The Balaban J connectivity index is 1.51. The molecule has 1 aromatic rings. The van der Waals surface area contributed by atoms with E-state index in [2.05, 4.69) is 16.3 Å². The van der Waals surface area contributed by atoms with Crippen molar-refractivity contribution in [2.24, 2.45) is 0 Å². The van der Waals surface area contributed by atoms with Crippen molar-refractivity contribution in [2.45, 2.75) is 38.9 Å². The van der Waals surface area contributed by atoms with E-state index in [1.807, 2.05) is 39.0 Å². The van der Waals surface area contributed by atoms with Gasteiger partial charge in [0.1, 0.15) is 11.4 Å². The summed E-state index contributed by atoms with van der Waals surface area (Å²) in [5.41, 5.74) is 0.612. The number of hydrogen-bond acceptors (Lipinski definition) is 6. The monoisotopic (exact) mass is 391 g/mol. The van der Waals surface area contributed by atoms with Gasteiger partial charge in [-0.05, 0) is 32.9 Å². The highest BCUT2D eigenvalue weighted by atomic mass is 16.6. The zero-order valence-corrected chi connectivity index (χ0v) is 17.3. The second kappa shape index (κ2) is 9.47. The molecular weight excluding hydrogens is 358 g/mol. The number of nitrogens with zero attached hydrogens (tertiary/aromatic N) is 2. The minimum absolute atomic E-state index is 0.221. The molecule has 28 heavy (non-hydrogen) atoms. The lowest BCUT2D eigenvalue weighted by Gasteiger charge is -2.37. The van der Waals surface area contributed by atoms with Gasteiger partial charge in [0.25, 0.3) is 0 Å². The van der Waals surface area contributed by atoms with E-state index in [1.54, 1.807) is 4.90 Å². The van der Waals surface area contributed by atoms with Crippen LogP contribution in [0.1, 0.15) is 27.2 Å². The van der Waals surface area contributed by atoms with Gasteiger partial charge < -0.3 is 29.3 Å². The summed E-state index contributed by atoms with van der Waals surface area (Å²) in [5.74, 6) is 0.886. The van der Waals surface area contributed by atoms with E-state index in [-0.39, 0.29) is 12.2 Å². The predicted octanol–water partition coefficient (Wildman–Crippen LogP) is 2.50. The number of rotatable bonds is 5. The molecule has 1 aromatic carbocycles. The van der Waals surface area contributed by atoms with E-state index < -0.39 is 5.60 Å². The van der Waals surface area contributed by atoms with Crippen molar-refractivity contribution in [3.05, 3.63) is 24.3 Å². The molecule has 2 fully saturated rings. The van der Waals surface area contributed by atoms with Gasteiger partial charge in [-0.15, -0.1) is 0 Å². The van der Waals surface area contributed by atoms with Crippen molar-refractivity contribution in [3.63, 3.8) is 0 Å². The Labute approximate surface area is 167 Å². The Morgan fingerprint density at radius 1 is 1.21 bits per heavy atom.